The summed E-state index contributed by atoms with van der Waals surface area (Å²) in [6.45, 7) is 1.91. The van der Waals surface area contributed by atoms with Crippen molar-refractivity contribution >= 4 is 9.84 Å². The Kier molecular flexibility index (Phi) is 2.47. The summed E-state index contributed by atoms with van der Waals surface area (Å²) in [4.78, 5) is 0. The quantitative estimate of drug-likeness (QED) is 0.755. The van der Waals surface area contributed by atoms with E-state index in [9.17, 15) is 8.42 Å². The summed E-state index contributed by atoms with van der Waals surface area (Å²) in [7, 11) is -3.42. The van der Waals surface area contributed by atoms with E-state index in [0.29, 0.717) is 5.69 Å². The number of aryl methyl sites for hydroxylation is 1. The number of hydrogen-bond donors (Lipinski definition) is 0. The monoisotopic (exact) mass is 238 g/mol. The zero-order chi connectivity index (χ0) is 11.8. The molecule has 0 aliphatic rings. The standard InChI is InChI=1S/C9H10N4O2S/c1-7-4-3-5-8(6-7)13-9(10-11-12-13)16(2,14)15/h3-6H,1-2H3. The van der Waals surface area contributed by atoms with Gasteiger partial charge in [-0.05, 0) is 35.0 Å². The zero-order valence-electron chi connectivity index (χ0n) is 8.82. The highest BCUT2D eigenvalue weighted by molar-refractivity contribution is 7.90. The van der Waals surface area contributed by atoms with Gasteiger partial charge in [-0.3, -0.25) is 0 Å². The van der Waals surface area contributed by atoms with Gasteiger partial charge in [0.25, 0.3) is 5.16 Å². The van der Waals surface area contributed by atoms with Crippen molar-refractivity contribution in [3.8, 4) is 5.69 Å². The van der Waals surface area contributed by atoms with Crippen LogP contribution in [-0.4, -0.2) is 34.9 Å². The Morgan fingerprint density at radius 2 is 2.06 bits per heavy atom. The summed E-state index contributed by atoms with van der Waals surface area (Å²) in [6, 6.07) is 7.29. The molecule has 0 bridgehead atoms. The first-order valence-corrected chi connectivity index (χ1v) is 6.43. The Labute approximate surface area is 92.8 Å². The number of sulfone groups is 1. The van der Waals surface area contributed by atoms with Gasteiger partial charge in [-0.2, -0.15) is 4.68 Å². The summed E-state index contributed by atoms with van der Waals surface area (Å²) in [5, 5.41) is 10.4. The molecule has 0 atom stereocenters. The minimum atomic E-state index is -3.42. The van der Waals surface area contributed by atoms with E-state index in [2.05, 4.69) is 15.5 Å². The molecule has 0 saturated heterocycles. The Bertz CT molecular complexity index is 618. The van der Waals surface area contributed by atoms with Crippen molar-refractivity contribution in [1.29, 1.82) is 0 Å². The second kappa shape index (κ2) is 3.67. The average molecular weight is 238 g/mol. The van der Waals surface area contributed by atoms with Crippen LogP contribution in [-0.2, 0) is 9.84 Å². The maximum Gasteiger partial charge on any atom is 0.272 e. The van der Waals surface area contributed by atoms with Crippen molar-refractivity contribution in [2.75, 3.05) is 6.26 Å². The number of tetrazole rings is 1. The van der Waals surface area contributed by atoms with Crippen LogP contribution in [0.3, 0.4) is 0 Å². The molecule has 0 aliphatic carbocycles. The third kappa shape index (κ3) is 1.94. The van der Waals surface area contributed by atoms with E-state index in [4.69, 9.17) is 0 Å². The third-order valence-corrected chi connectivity index (χ3v) is 2.94. The molecule has 0 unspecified atom stereocenters. The van der Waals surface area contributed by atoms with Gasteiger partial charge in [-0.1, -0.05) is 17.2 Å². The van der Waals surface area contributed by atoms with Crippen molar-refractivity contribution in [1.82, 2.24) is 20.2 Å². The van der Waals surface area contributed by atoms with Crippen molar-refractivity contribution in [2.24, 2.45) is 0 Å². The predicted molar refractivity (Wildman–Crippen MR) is 57.0 cm³/mol. The molecule has 0 saturated carbocycles. The second-order valence-corrected chi connectivity index (χ2v) is 5.39. The number of hydrogen-bond acceptors (Lipinski definition) is 5. The normalized spacial score (nSPS) is 11.6. The number of benzene rings is 1. The number of nitrogens with zero attached hydrogens (tertiary/aromatic N) is 4. The molecule has 1 aromatic carbocycles. The molecular formula is C9H10N4O2S. The average Bonchev–Trinajstić information content (AvgIpc) is 2.65. The van der Waals surface area contributed by atoms with Crippen LogP contribution in [0, 0.1) is 6.92 Å². The smallest absolute Gasteiger partial charge is 0.221 e. The minimum absolute atomic E-state index is 0.155. The summed E-state index contributed by atoms with van der Waals surface area (Å²) in [5.41, 5.74) is 1.64. The van der Waals surface area contributed by atoms with Crippen molar-refractivity contribution in [3.63, 3.8) is 0 Å². The first-order chi connectivity index (χ1) is 7.48. The topological polar surface area (TPSA) is 77.7 Å². The predicted octanol–water partition coefficient (Wildman–Crippen LogP) is 0.374. The Morgan fingerprint density at radius 1 is 1.31 bits per heavy atom. The van der Waals surface area contributed by atoms with E-state index in [0.717, 1.165) is 11.8 Å². The van der Waals surface area contributed by atoms with Crippen LogP contribution in [0.25, 0.3) is 5.69 Å². The third-order valence-electron chi connectivity index (χ3n) is 2.02. The van der Waals surface area contributed by atoms with Crippen LogP contribution in [0.5, 0.6) is 0 Å². The van der Waals surface area contributed by atoms with Crippen molar-refractivity contribution < 1.29 is 8.42 Å². The molecule has 6 nitrogen and oxygen atoms in total. The number of aromatic nitrogens is 4. The lowest BCUT2D eigenvalue weighted by Gasteiger charge is -2.03. The van der Waals surface area contributed by atoms with E-state index in [1.807, 2.05) is 25.1 Å². The maximum atomic E-state index is 11.4. The molecule has 0 fully saturated rings. The second-order valence-electron chi connectivity index (χ2n) is 3.48. The van der Waals surface area contributed by atoms with Crippen molar-refractivity contribution in [3.05, 3.63) is 29.8 Å². The van der Waals surface area contributed by atoms with Gasteiger partial charge in [0, 0.05) is 6.26 Å². The molecule has 7 heteroatoms. The lowest BCUT2D eigenvalue weighted by Crippen LogP contribution is -2.08. The lowest BCUT2D eigenvalue weighted by molar-refractivity contribution is 0.586. The zero-order valence-corrected chi connectivity index (χ0v) is 9.64. The highest BCUT2D eigenvalue weighted by Crippen LogP contribution is 2.12. The SMILES string of the molecule is Cc1cccc(-n2nnnc2S(C)(=O)=O)c1. The molecule has 0 N–H and O–H groups in total. The summed E-state index contributed by atoms with van der Waals surface area (Å²) in [5.74, 6) is 0. The van der Waals surface area contributed by atoms with Crippen molar-refractivity contribution in [2.45, 2.75) is 12.1 Å². The van der Waals surface area contributed by atoms with E-state index in [-0.39, 0.29) is 5.16 Å². The van der Waals surface area contributed by atoms with Gasteiger partial charge in [0.2, 0.25) is 9.84 Å². The van der Waals surface area contributed by atoms with Gasteiger partial charge in [0.05, 0.1) is 5.69 Å². The number of rotatable bonds is 2. The van der Waals surface area contributed by atoms with Gasteiger partial charge in [-0.25, -0.2) is 8.42 Å². The molecule has 2 aromatic rings. The highest BCUT2D eigenvalue weighted by Gasteiger charge is 2.18. The van der Waals surface area contributed by atoms with Gasteiger partial charge < -0.3 is 0 Å². The molecule has 84 valence electrons. The Hall–Kier alpha value is -1.76. The van der Waals surface area contributed by atoms with Gasteiger partial charge in [-0.15, -0.1) is 0 Å². The van der Waals surface area contributed by atoms with Gasteiger partial charge in [0.1, 0.15) is 0 Å². The molecule has 0 amide bonds. The van der Waals surface area contributed by atoms with Crippen LogP contribution in [0.2, 0.25) is 0 Å². The molecule has 1 aromatic heterocycles. The summed E-state index contributed by atoms with van der Waals surface area (Å²) < 4.78 is 24.0. The summed E-state index contributed by atoms with van der Waals surface area (Å²) >= 11 is 0. The minimum Gasteiger partial charge on any atom is -0.221 e. The largest absolute Gasteiger partial charge is 0.272 e. The van der Waals surface area contributed by atoms with E-state index in [1.165, 1.54) is 4.68 Å². The Balaban J connectivity index is 2.62. The first kappa shape index (κ1) is 10.7. The van der Waals surface area contributed by atoms with E-state index < -0.39 is 9.84 Å². The molecule has 0 aliphatic heterocycles. The van der Waals surface area contributed by atoms with E-state index in [1.54, 1.807) is 6.07 Å². The van der Waals surface area contributed by atoms with Gasteiger partial charge in [0.15, 0.2) is 0 Å². The fourth-order valence-electron chi connectivity index (χ4n) is 1.33. The fourth-order valence-corrected chi connectivity index (χ4v) is 1.97. The lowest BCUT2D eigenvalue weighted by atomic mass is 10.2. The van der Waals surface area contributed by atoms with Gasteiger partial charge >= 0.3 is 0 Å². The maximum absolute atomic E-state index is 11.4. The molecule has 16 heavy (non-hydrogen) atoms. The molecular weight excluding hydrogens is 228 g/mol. The fraction of sp³-hybridized carbons (Fsp3) is 0.222. The molecule has 1 heterocycles. The first-order valence-electron chi connectivity index (χ1n) is 4.54. The molecule has 0 radical (unpaired) electrons. The Morgan fingerprint density at radius 3 is 2.69 bits per heavy atom. The highest BCUT2D eigenvalue weighted by atomic mass is 32.2. The van der Waals surface area contributed by atoms with Crippen LogP contribution in [0.4, 0.5) is 0 Å². The van der Waals surface area contributed by atoms with E-state index >= 15 is 0 Å². The molecule has 0 spiro atoms. The van der Waals surface area contributed by atoms with Crippen LogP contribution in [0.1, 0.15) is 5.56 Å². The van der Waals surface area contributed by atoms with Crippen LogP contribution in [0.15, 0.2) is 29.4 Å². The van der Waals surface area contributed by atoms with Crippen LogP contribution >= 0.6 is 0 Å². The van der Waals surface area contributed by atoms with Crippen LogP contribution < -0.4 is 0 Å². The summed E-state index contributed by atoms with van der Waals surface area (Å²) in [6.07, 6.45) is 1.07. The molecule has 2 rings (SSSR count).